The summed E-state index contributed by atoms with van der Waals surface area (Å²) in [7, 11) is 1.45. The van der Waals surface area contributed by atoms with Gasteiger partial charge in [-0.05, 0) is 41.5 Å². The molecule has 0 fully saturated rings. The summed E-state index contributed by atoms with van der Waals surface area (Å²) in [6.07, 6.45) is -4.75. The molecule has 2 rings (SSSR count). The smallest absolute Gasteiger partial charge is 0.497 e. The lowest BCUT2D eigenvalue weighted by molar-refractivity contribution is -0.274. The van der Waals surface area contributed by atoms with E-state index in [9.17, 15) is 13.2 Å². The maximum Gasteiger partial charge on any atom is 0.573 e. The van der Waals surface area contributed by atoms with Gasteiger partial charge in [0, 0.05) is 0 Å². The molecule has 0 saturated carbocycles. The van der Waals surface area contributed by atoms with Gasteiger partial charge in [-0.2, -0.15) is 5.26 Å². The largest absolute Gasteiger partial charge is 0.573 e. The van der Waals surface area contributed by atoms with Crippen LogP contribution in [0.15, 0.2) is 42.5 Å². The van der Waals surface area contributed by atoms with Gasteiger partial charge in [0.05, 0.1) is 18.7 Å². The highest BCUT2D eigenvalue weighted by molar-refractivity contribution is 5.68. The first-order valence-electron chi connectivity index (χ1n) is 5.86. The fourth-order valence-electron chi connectivity index (χ4n) is 1.82. The van der Waals surface area contributed by atoms with E-state index in [-0.39, 0.29) is 5.75 Å². The average molecular weight is 293 g/mol. The van der Waals surface area contributed by atoms with Gasteiger partial charge >= 0.3 is 6.36 Å². The molecule has 0 radical (unpaired) electrons. The number of alkyl halides is 3. The molecule has 108 valence electrons. The van der Waals surface area contributed by atoms with E-state index in [1.807, 2.05) is 6.07 Å². The number of nitrogens with zero attached hydrogens (tertiary/aromatic N) is 1. The maximum atomic E-state index is 12.2. The Bertz CT molecular complexity index is 690. The Morgan fingerprint density at radius 1 is 1.00 bits per heavy atom. The van der Waals surface area contributed by atoms with Gasteiger partial charge < -0.3 is 9.47 Å². The molecule has 0 amide bonds. The fourth-order valence-corrected chi connectivity index (χ4v) is 1.82. The zero-order chi connectivity index (χ0) is 15.5. The predicted molar refractivity (Wildman–Crippen MR) is 69.8 cm³/mol. The molecule has 0 spiro atoms. The van der Waals surface area contributed by atoms with Crippen LogP contribution in [0.2, 0.25) is 0 Å². The van der Waals surface area contributed by atoms with Gasteiger partial charge in [-0.1, -0.05) is 12.1 Å². The summed E-state index contributed by atoms with van der Waals surface area (Å²) < 4.78 is 45.6. The van der Waals surface area contributed by atoms with Crippen LogP contribution in [0, 0.1) is 11.3 Å². The topological polar surface area (TPSA) is 42.2 Å². The van der Waals surface area contributed by atoms with Crippen LogP contribution < -0.4 is 9.47 Å². The molecule has 3 nitrogen and oxygen atoms in total. The molecule has 0 aliphatic rings. The van der Waals surface area contributed by atoms with Crippen molar-refractivity contribution in [3.8, 4) is 28.7 Å². The minimum atomic E-state index is -4.75. The number of methoxy groups -OCH3 is 1. The summed E-state index contributed by atoms with van der Waals surface area (Å²) >= 11 is 0. The second kappa shape index (κ2) is 5.75. The molecule has 0 unspecified atom stereocenters. The van der Waals surface area contributed by atoms with Gasteiger partial charge in [0.25, 0.3) is 0 Å². The Morgan fingerprint density at radius 2 is 1.71 bits per heavy atom. The van der Waals surface area contributed by atoms with Crippen molar-refractivity contribution >= 4 is 0 Å². The van der Waals surface area contributed by atoms with Gasteiger partial charge in [0.2, 0.25) is 0 Å². The summed E-state index contributed by atoms with van der Waals surface area (Å²) in [5.41, 5.74) is 1.41. The first kappa shape index (κ1) is 14.7. The highest BCUT2D eigenvalue weighted by Crippen LogP contribution is 2.30. The molecule has 21 heavy (non-hydrogen) atoms. The summed E-state index contributed by atoms with van der Waals surface area (Å²) in [5.74, 6) is 0.132. The third kappa shape index (κ3) is 3.89. The van der Waals surface area contributed by atoms with E-state index >= 15 is 0 Å². The van der Waals surface area contributed by atoms with Gasteiger partial charge in [-0.15, -0.1) is 13.2 Å². The minimum absolute atomic E-state index is 0.318. The highest BCUT2D eigenvalue weighted by atomic mass is 19.4. The van der Waals surface area contributed by atoms with Gasteiger partial charge in [0.1, 0.15) is 11.5 Å². The van der Waals surface area contributed by atoms with Crippen molar-refractivity contribution in [2.24, 2.45) is 0 Å². The van der Waals surface area contributed by atoms with E-state index in [0.29, 0.717) is 22.4 Å². The van der Waals surface area contributed by atoms with Crippen LogP contribution in [-0.2, 0) is 0 Å². The van der Waals surface area contributed by atoms with Crippen LogP contribution in [-0.4, -0.2) is 13.5 Å². The quantitative estimate of drug-likeness (QED) is 0.854. The number of nitriles is 1. The normalized spacial score (nSPS) is 10.8. The third-order valence-electron chi connectivity index (χ3n) is 2.67. The Balaban J connectivity index is 2.43. The molecule has 2 aromatic rings. The minimum Gasteiger partial charge on any atom is -0.497 e. The first-order valence-corrected chi connectivity index (χ1v) is 5.86. The lowest BCUT2D eigenvalue weighted by atomic mass is 10.0. The Morgan fingerprint density at radius 3 is 2.33 bits per heavy atom. The summed E-state index contributed by atoms with van der Waals surface area (Å²) in [6, 6.07) is 12.2. The Labute approximate surface area is 119 Å². The van der Waals surface area contributed by atoms with Gasteiger partial charge in [0.15, 0.2) is 0 Å². The molecular weight excluding hydrogens is 283 g/mol. The van der Waals surface area contributed by atoms with Crippen molar-refractivity contribution in [2.75, 3.05) is 7.11 Å². The second-order valence-electron chi connectivity index (χ2n) is 4.14. The van der Waals surface area contributed by atoms with Crippen LogP contribution in [0.3, 0.4) is 0 Å². The molecule has 0 aliphatic heterocycles. The number of halogens is 3. The number of hydrogen-bond acceptors (Lipinski definition) is 3. The molecule has 6 heteroatoms. The molecule has 0 saturated heterocycles. The van der Waals surface area contributed by atoms with Crippen LogP contribution in [0.5, 0.6) is 11.5 Å². The zero-order valence-corrected chi connectivity index (χ0v) is 10.9. The molecule has 0 heterocycles. The fraction of sp³-hybridized carbons (Fsp3) is 0.133. The SMILES string of the molecule is COc1cc(C#N)cc(-c2cccc(OC(F)(F)F)c2)c1. The zero-order valence-electron chi connectivity index (χ0n) is 10.9. The van der Waals surface area contributed by atoms with E-state index in [1.54, 1.807) is 24.3 Å². The number of rotatable bonds is 3. The highest BCUT2D eigenvalue weighted by Gasteiger charge is 2.31. The lowest BCUT2D eigenvalue weighted by Crippen LogP contribution is -2.17. The van der Waals surface area contributed by atoms with Gasteiger partial charge in [-0.3, -0.25) is 0 Å². The van der Waals surface area contributed by atoms with Crippen LogP contribution in [0.1, 0.15) is 5.56 Å². The van der Waals surface area contributed by atoms with E-state index in [2.05, 4.69) is 4.74 Å². The van der Waals surface area contributed by atoms with Crippen LogP contribution in [0.25, 0.3) is 11.1 Å². The summed E-state index contributed by atoms with van der Waals surface area (Å²) in [4.78, 5) is 0. The van der Waals surface area contributed by atoms with Gasteiger partial charge in [-0.25, -0.2) is 0 Å². The van der Waals surface area contributed by atoms with Crippen LogP contribution in [0.4, 0.5) is 13.2 Å². The molecule has 0 atom stereocenters. The standard InChI is InChI=1S/C15H10F3NO2/c1-20-14-6-10(9-19)5-12(8-14)11-3-2-4-13(7-11)21-15(16,17)18/h2-8H,1H3. The molecule has 0 N–H and O–H groups in total. The van der Waals surface area contributed by atoms with Crippen molar-refractivity contribution < 1.29 is 22.6 Å². The monoisotopic (exact) mass is 293 g/mol. The van der Waals surface area contributed by atoms with E-state index < -0.39 is 6.36 Å². The molecule has 2 aromatic carbocycles. The Kier molecular flexibility index (Phi) is 4.03. The summed E-state index contributed by atoms with van der Waals surface area (Å²) in [6.45, 7) is 0. The number of hydrogen-bond donors (Lipinski definition) is 0. The van der Waals surface area contributed by atoms with Crippen molar-refractivity contribution in [2.45, 2.75) is 6.36 Å². The lowest BCUT2D eigenvalue weighted by Gasteiger charge is -2.11. The number of benzene rings is 2. The van der Waals surface area contributed by atoms with E-state index in [0.717, 1.165) is 0 Å². The van der Waals surface area contributed by atoms with Crippen molar-refractivity contribution in [3.05, 3.63) is 48.0 Å². The third-order valence-corrected chi connectivity index (χ3v) is 2.67. The molecule has 0 bridgehead atoms. The Hall–Kier alpha value is -2.68. The van der Waals surface area contributed by atoms with E-state index in [1.165, 1.54) is 25.3 Å². The molecule has 0 aromatic heterocycles. The van der Waals surface area contributed by atoms with Crippen LogP contribution >= 0.6 is 0 Å². The average Bonchev–Trinajstić information content (AvgIpc) is 2.45. The summed E-state index contributed by atoms with van der Waals surface area (Å²) in [5, 5.41) is 8.96. The van der Waals surface area contributed by atoms with Crippen molar-refractivity contribution in [3.63, 3.8) is 0 Å². The van der Waals surface area contributed by atoms with E-state index in [4.69, 9.17) is 10.00 Å². The second-order valence-corrected chi connectivity index (χ2v) is 4.14. The molecular formula is C15H10F3NO2. The number of ether oxygens (including phenoxy) is 2. The van der Waals surface area contributed by atoms with Crippen molar-refractivity contribution in [1.82, 2.24) is 0 Å². The molecule has 0 aliphatic carbocycles. The first-order chi connectivity index (χ1) is 9.91. The van der Waals surface area contributed by atoms with Crippen molar-refractivity contribution in [1.29, 1.82) is 5.26 Å². The predicted octanol–water partition coefficient (Wildman–Crippen LogP) is 4.13. The maximum absolute atomic E-state index is 12.2.